The first-order valence-electron chi connectivity index (χ1n) is 3.57. The first kappa shape index (κ1) is 8.84. The second-order valence-electron chi connectivity index (χ2n) is 3.02. The van der Waals surface area contributed by atoms with Gasteiger partial charge in [-0.15, -0.1) is 0 Å². The van der Waals surface area contributed by atoms with Crippen molar-refractivity contribution >= 4 is 0 Å². The minimum Gasteiger partial charge on any atom is -0.385 e. The molecule has 1 aliphatic rings. The first-order chi connectivity index (χ1) is 5.02. The maximum atomic E-state index is 12.2. The van der Waals surface area contributed by atoms with Gasteiger partial charge in [-0.25, -0.2) is 0 Å². The number of hydrogen-bond donors (Lipinski definition) is 0. The highest BCUT2D eigenvalue weighted by Crippen LogP contribution is 2.59. The Bertz CT molecular complexity index is 137. The summed E-state index contributed by atoms with van der Waals surface area (Å²) in [6.07, 6.45) is -3.35. The highest BCUT2D eigenvalue weighted by atomic mass is 19.4. The third-order valence-electron chi connectivity index (χ3n) is 2.24. The lowest BCUT2D eigenvalue weighted by Crippen LogP contribution is -2.25. The summed E-state index contributed by atoms with van der Waals surface area (Å²) in [6, 6.07) is 0. The average Bonchev–Trinajstić information content (AvgIpc) is 2.61. The molecule has 0 atom stereocenters. The highest BCUT2D eigenvalue weighted by Gasteiger charge is 2.62. The van der Waals surface area contributed by atoms with Crippen LogP contribution in [-0.2, 0) is 4.74 Å². The lowest BCUT2D eigenvalue weighted by molar-refractivity contribution is -0.191. The lowest BCUT2D eigenvalue weighted by atomic mass is 10.0. The smallest absolute Gasteiger partial charge is 0.385 e. The van der Waals surface area contributed by atoms with Gasteiger partial charge in [0.05, 0.1) is 5.41 Å². The molecule has 11 heavy (non-hydrogen) atoms. The van der Waals surface area contributed by atoms with Crippen LogP contribution in [-0.4, -0.2) is 19.9 Å². The predicted octanol–water partition coefficient (Wildman–Crippen LogP) is 2.37. The van der Waals surface area contributed by atoms with Gasteiger partial charge in [0.15, 0.2) is 0 Å². The van der Waals surface area contributed by atoms with E-state index in [2.05, 4.69) is 4.74 Å². The van der Waals surface area contributed by atoms with Crippen LogP contribution in [0.4, 0.5) is 13.2 Å². The molecule has 1 saturated carbocycles. The summed E-state index contributed by atoms with van der Waals surface area (Å²) in [6.45, 7) is 0.208. The van der Waals surface area contributed by atoms with Crippen LogP contribution < -0.4 is 0 Å². The molecule has 0 radical (unpaired) electrons. The van der Waals surface area contributed by atoms with E-state index in [1.54, 1.807) is 0 Å². The van der Waals surface area contributed by atoms with Gasteiger partial charge in [-0.1, -0.05) is 0 Å². The molecule has 0 N–H and O–H groups in total. The lowest BCUT2D eigenvalue weighted by Gasteiger charge is -2.17. The van der Waals surface area contributed by atoms with Crippen molar-refractivity contribution in [2.45, 2.75) is 25.4 Å². The fourth-order valence-electron chi connectivity index (χ4n) is 1.12. The van der Waals surface area contributed by atoms with Crippen LogP contribution >= 0.6 is 0 Å². The van der Waals surface area contributed by atoms with Gasteiger partial charge in [0.1, 0.15) is 0 Å². The van der Waals surface area contributed by atoms with Gasteiger partial charge in [-0.3, -0.25) is 0 Å². The second kappa shape index (κ2) is 2.66. The molecule has 0 saturated heterocycles. The van der Waals surface area contributed by atoms with Crippen molar-refractivity contribution in [2.24, 2.45) is 5.41 Å². The number of ether oxygens (including phenoxy) is 1. The molecule has 0 aliphatic heterocycles. The van der Waals surface area contributed by atoms with E-state index in [9.17, 15) is 13.2 Å². The minimum absolute atomic E-state index is 0.118. The fourth-order valence-corrected chi connectivity index (χ4v) is 1.12. The molecule has 1 aliphatic carbocycles. The van der Waals surface area contributed by atoms with Gasteiger partial charge < -0.3 is 4.74 Å². The Labute approximate surface area is 63.5 Å². The Kier molecular flexibility index (Phi) is 2.14. The fraction of sp³-hybridized carbons (Fsp3) is 1.00. The van der Waals surface area contributed by atoms with Gasteiger partial charge >= 0.3 is 6.18 Å². The number of rotatable bonds is 3. The average molecular weight is 168 g/mol. The summed E-state index contributed by atoms with van der Waals surface area (Å²) >= 11 is 0. The molecule has 0 spiro atoms. The Morgan fingerprint density at radius 2 is 1.91 bits per heavy atom. The summed E-state index contributed by atoms with van der Waals surface area (Å²) in [5, 5.41) is 0. The van der Waals surface area contributed by atoms with Crippen molar-refractivity contribution in [1.82, 2.24) is 0 Å². The Hall–Kier alpha value is -0.250. The van der Waals surface area contributed by atoms with E-state index >= 15 is 0 Å². The maximum absolute atomic E-state index is 12.2. The zero-order valence-electron chi connectivity index (χ0n) is 6.37. The quantitative estimate of drug-likeness (QED) is 0.628. The summed E-state index contributed by atoms with van der Waals surface area (Å²) in [5.41, 5.74) is -1.39. The van der Waals surface area contributed by atoms with E-state index in [1.165, 1.54) is 7.11 Å². The molecule has 0 aromatic carbocycles. The Morgan fingerprint density at radius 1 is 1.36 bits per heavy atom. The molecule has 0 heterocycles. The van der Waals surface area contributed by atoms with Gasteiger partial charge in [0.25, 0.3) is 0 Å². The van der Waals surface area contributed by atoms with Crippen molar-refractivity contribution in [3.05, 3.63) is 0 Å². The second-order valence-corrected chi connectivity index (χ2v) is 3.02. The molecular weight excluding hydrogens is 157 g/mol. The largest absolute Gasteiger partial charge is 0.394 e. The Morgan fingerprint density at radius 3 is 2.18 bits per heavy atom. The van der Waals surface area contributed by atoms with Crippen LogP contribution in [0.3, 0.4) is 0 Å². The monoisotopic (exact) mass is 168 g/mol. The molecule has 0 amide bonds. The standard InChI is InChI=1S/C7H11F3O/c1-11-5-4-6(2-3-6)7(8,9)10/h2-5H2,1H3. The number of hydrogen-bond acceptors (Lipinski definition) is 1. The van der Waals surface area contributed by atoms with Crippen LogP contribution in [0, 0.1) is 5.41 Å². The van der Waals surface area contributed by atoms with Crippen molar-refractivity contribution in [3.63, 3.8) is 0 Å². The molecular formula is C7H11F3O. The van der Waals surface area contributed by atoms with Crippen molar-refractivity contribution in [2.75, 3.05) is 13.7 Å². The van der Waals surface area contributed by atoms with E-state index in [-0.39, 0.29) is 25.9 Å². The highest BCUT2D eigenvalue weighted by molar-refractivity contribution is 4.98. The van der Waals surface area contributed by atoms with Gasteiger partial charge in [-0.2, -0.15) is 13.2 Å². The van der Waals surface area contributed by atoms with Gasteiger partial charge in [0, 0.05) is 13.7 Å². The van der Waals surface area contributed by atoms with Crippen molar-refractivity contribution < 1.29 is 17.9 Å². The van der Waals surface area contributed by atoms with Crippen molar-refractivity contribution in [3.8, 4) is 0 Å². The van der Waals surface area contributed by atoms with E-state index in [4.69, 9.17) is 0 Å². The number of halogens is 3. The zero-order chi connectivity index (χ0) is 8.54. The molecule has 4 heteroatoms. The first-order valence-corrected chi connectivity index (χ1v) is 3.57. The van der Waals surface area contributed by atoms with Crippen LogP contribution in [0.2, 0.25) is 0 Å². The topological polar surface area (TPSA) is 9.23 Å². The minimum atomic E-state index is -4.02. The molecule has 0 aromatic heterocycles. The van der Waals surface area contributed by atoms with Crippen LogP contribution in [0.5, 0.6) is 0 Å². The molecule has 0 unspecified atom stereocenters. The van der Waals surface area contributed by atoms with Crippen molar-refractivity contribution in [1.29, 1.82) is 0 Å². The van der Waals surface area contributed by atoms with Gasteiger partial charge in [-0.05, 0) is 19.3 Å². The van der Waals surface area contributed by atoms with E-state index in [1.807, 2.05) is 0 Å². The third kappa shape index (κ3) is 1.67. The molecule has 1 nitrogen and oxygen atoms in total. The summed E-state index contributed by atoms with van der Waals surface area (Å²) in [4.78, 5) is 0. The molecule has 1 fully saturated rings. The number of alkyl halides is 3. The van der Waals surface area contributed by atoms with E-state index in [0.717, 1.165) is 0 Å². The predicted molar refractivity (Wildman–Crippen MR) is 34.2 cm³/mol. The molecule has 1 rings (SSSR count). The third-order valence-corrected chi connectivity index (χ3v) is 2.24. The summed E-state index contributed by atoms with van der Waals surface area (Å²) in [5.74, 6) is 0. The van der Waals surface area contributed by atoms with E-state index in [0.29, 0.717) is 0 Å². The van der Waals surface area contributed by atoms with Crippen LogP contribution in [0.1, 0.15) is 19.3 Å². The zero-order valence-corrected chi connectivity index (χ0v) is 6.37. The van der Waals surface area contributed by atoms with E-state index < -0.39 is 11.6 Å². The SMILES string of the molecule is COCCC1(C(F)(F)F)CC1. The van der Waals surface area contributed by atoms with Crippen LogP contribution in [0.15, 0.2) is 0 Å². The maximum Gasteiger partial charge on any atom is 0.394 e. The van der Waals surface area contributed by atoms with Crippen LogP contribution in [0.25, 0.3) is 0 Å². The summed E-state index contributed by atoms with van der Waals surface area (Å²) < 4.78 is 41.1. The Balaban J connectivity index is 2.41. The normalized spacial score (nSPS) is 21.8. The summed E-state index contributed by atoms with van der Waals surface area (Å²) in [7, 11) is 1.42. The molecule has 0 aromatic rings. The van der Waals surface area contributed by atoms with Gasteiger partial charge in [0.2, 0.25) is 0 Å². The molecule has 0 bridgehead atoms. The number of methoxy groups -OCH3 is 1. The molecule has 66 valence electrons.